The van der Waals surface area contributed by atoms with Gasteiger partial charge in [0.25, 0.3) is 0 Å². The summed E-state index contributed by atoms with van der Waals surface area (Å²) in [7, 11) is 1.68. The first-order chi connectivity index (χ1) is 10.4. The molecule has 1 aromatic heterocycles. The van der Waals surface area contributed by atoms with E-state index in [1.165, 1.54) is 6.39 Å². The molecule has 3 aromatic rings. The number of benzene rings is 2. The van der Waals surface area contributed by atoms with Crippen LogP contribution in [0.1, 0.15) is 5.56 Å². The maximum atomic E-state index is 5.42. The highest BCUT2D eigenvalue weighted by Crippen LogP contribution is 2.27. The fourth-order valence-corrected chi connectivity index (χ4v) is 2.18. The molecule has 106 valence electrons. The second-order valence-electron chi connectivity index (χ2n) is 4.61. The fourth-order valence-electron chi connectivity index (χ4n) is 2.18. The summed E-state index contributed by atoms with van der Waals surface area (Å²) in [5.74, 6) is 1.60. The van der Waals surface area contributed by atoms with Gasteiger partial charge >= 0.3 is 0 Å². The van der Waals surface area contributed by atoms with Crippen LogP contribution in [0.5, 0.6) is 5.75 Å². The number of ether oxygens (including phenoxy) is 1. The van der Waals surface area contributed by atoms with Crippen LogP contribution in [0.3, 0.4) is 0 Å². The zero-order valence-corrected chi connectivity index (χ0v) is 11.7. The van der Waals surface area contributed by atoms with Gasteiger partial charge in [-0.05, 0) is 30.3 Å². The lowest BCUT2D eigenvalue weighted by Crippen LogP contribution is -2.01. The van der Waals surface area contributed by atoms with E-state index in [0.29, 0.717) is 6.54 Å². The average Bonchev–Trinajstić information content (AvgIpc) is 3.08. The molecule has 0 amide bonds. The van der Waals surface area contributed by atoms with Crippen molar-refractivity contribution in [3.63, 3.8) is 0 Å². The molecular weight excluding hydrogens is 264 g/mol. The lowest BCUT2D eigenvalue weighted by molar-refractivity contribution is 0.410. The maximum Gasteiger partial charge on any atom is 0.181 e. The minimum atomic E-state index is 0.676. The molecule has 0 aliphatic carbocycles. The van der Waals surface area contributed by atoms with Crippen molar-refractivity contribution in [2.75, 3.05) is 12.4 Å². The molecule has 0 atom stereocenters. The zero-order valence-electron chi connectivity index (χ0n) is 11.7. The molecule has 4 nitrogen and oxygen atoms in total. The van der Waals surface area contributed by atoms with Crippen LogP contribution in [0.15, 0.2) is 65.5 Å². The van der Waals surface area contributed by atoms with E-state index in [0.717, 1.165) is 28.3 Å². The largest absolute Gasteiger partial charge is 0.496 e. The number of nitrogens with one attached hydrogen (secondary N) is 1. The average molecular weight is 280 g/mol. The first kappa shape index (κ1) is 13.2. The van der Waals surface area contributed by atoms with Crippen LogP contribution in [0.4, 0.5) is 5.69 Å². The second-order valence-corrected chi connectivity index (χ2v) is 4.61. The van der Waals surface area contributed by atoms with Crippen LogP contribution in [0, 0.1) is 0 Å². The molecule has 0 radical (unpaired) electrons. The SMILES string of the molecule is COc1ccc(-c2cnco2)cc1CNc1ccccc1. The Balaban J connectivity index is 1.84. The third kappa shape index (κ3) is 3.05. The highest BCUT2D eigenvalue weighted by atomic mass is 16.5. The van der Waals surface area contributed by atoms with Crippen LogP contribution in [0.2, 0.25) is 0 Å². The fraction of sp³-hybridized carbons (Fsp3) is 0.118. The summed E-state index contributed by atoms with van der Waals surface area (Å²) in [5, 5.41) is 3.38. The van der Waals surface area contributed by atoms with E-state index >= 15 is 0 Å². The van der Waals surface area contributed by atoms with E-state index in [2.05, 4.69) is 16.4 Å². The maximum absolute atomic E-state index is 5.42. The Kier molecular flexibility index (Phi) is 3.87. The number of oxazole rings is 1. The van der Waals surface area contributed by atoms with Crippen molar-refractivity contribution >= 4 is 5.69 Å². The molecule has 0 bridgehead atoms. The summed E-state index contributed by atoms with van der Waals surface area (Å²) in [4.78, 5) is 3.95. The molecular formula is C17H16N2O2. The van der Waals surface area contributed by atoms with Crippen molar-refractivity contribution in [3.05, 3.63) is 66.7 Å². The lowest BCUT2D eigenvalue weighted by atomic mass is 10.1. The normalized spacial score (nSPS) is 10.3. The van der Waals surface area contributed by atoms with Gasteiger partial charge in [0.05, 0.1) is 13.3 Å². The van der Waals surface area contributed by atoms with Gasteiger partial charge in [-0.15, -0.1) is 0 Å². The number of anilines is 1. The van der Waals surface area contributed by atoms with Gasteiger partial charge in [-0.1, -0.05) is 18.2 Å². The summed E-state index contributed by atoms with van der Waals surface area (Å²) in [5.41, 5.74) is 3.12. The third-order valence-electron chi connectivity index (χ3n) is 3.25. The quantitative estimate of drug-likeness (QED) is 0.768. The van der Waals surface area contributed by atoms with Gasteiger partial charge in [-0.3, -0.25) is 0 Å². The molecule has 1 heterocycles. The number of rotatable bonds is 5. The van der Waals surface area contributed by atoms with Crippen molar-refractivity contribution in [2.45, 2.75) is 6.54 Å². The molecule has 0 saturated carbocycles. The molecule has 21 heavy (non-hydrogen) atoms. The van der Waals surface area contributed by atoms with Crippen molar-refractivity contribution in [1.82, 2.24) is 4.98 Å². The number of hydrogen-bond acceptors (Lipinski definition) is 4. The summed E-state index contributed by atoms with van der Waals surface area (Å²) in [6.45, 7) is 0.676. The Labute approximate surface area is 123 Å². The summed E-state index contributed by atoms with van der Waals surface area (Å²) in [6, 6.07) is 16.0. The highest BCUT2D eigenvalue weighted by molar-refractivity contribution is 5.60. The molecule has 0 aliphatic heterocycles. The Bertz CT molecular complexity index is 694. The standard InChI is InChI=1S/C17H16N2O2/c1-20-16-8-7-13(17-11-18-12-21-17)9-14(16)10-19-15-5-3-2-4-6-15/h2-9,11-12,19H,10H2,1H3. The van der Waals surface area contributed by atoms with Crippen LogP contribution >= 0.6 is 0 Å². The molecule has 0 spiro atoms. The van der Waals surface area contributed by atoms with Crippen molar-refractivity contribution in [2.24, 2.45) is 0 Å². The molecule has 2 aromatic carbocycles. The molecule has 0 aliphatic rings. The van der Waals surface area contributed by atoms with Crippen LogP contribution in [-0.4, -0.2) is 12.1 Å². The van der Waals surface area contributed by atoms with E-state index in [1.54, 1.807) is 13.3 Å². The minimum absolute atomic E-state index is 0.676. The molecule has 0 saturated heterocycles. The molecule has 0 unspecified atom stereocenters. The Morgan fingerprint density at radius 1 is 1.14 bits per heavy atom. The smallest absolute Gasteiger partial charge is 0.181 e. The Hall–Kier alpha value is -2.75. The number of methoxy groups -OCH3 is 1. The monoisotopic (exact) mass is 280 g/mol. The first-order valence-electron chi connectivity index (χ1n) is 6.71. The van der Waals surface area contributed by atoms with E-state index in [1.807, 2.05) is 42.5 Å². The second kappa shape index (κ2) is 6.13. The Morgan fingerprint density at radius 2 is 2.00 bits per heavy atom. The predicted octanol–water partition coefficient (Wildman–Crippen LogP) is 3.96. The van der Waals surface area contributed by atoms with Crippen molar-refractivity contribution in [3.8, 4) is 17.1 Å². The van der Waals surface area contributed by atoms with Gasteiger partial charge < -0.3 is 14.5 Å². The van der Waals surface area contributed by atoms with Crippen LogP contribution < -0.4 is 10.1 Å². The minimum Gasteiger partial charge on any atom is -0.496 e. The number of nitrogens with zero attached hydrogens (tertiary/aromatic N) is 1. The highest BCUT2D eigenvalue weighted by Gasteiger charge is 2.08. The van der Waals surface area contributed by atoms with E-state index in [4.69, 9.17) is 9.15 Å². The summed E-state index contributed by atoms with van der Waals surface area (Å²) >= 11 is 0. The number of para-hydroxylation sites is 1. The molecule has 4 heteroatoms. The van der Waals surface area contributed by atoms with Gasteiger partial charge in [0, 0.05) is 23.4 Å². The van der Waals surface area contributed by atoms with Gasteiger partial charge in [0.2, 0.25) is 0 Å². The summed E-state index contributed by atoms with van der Waals surface area (Å²) < 4.78 is 10.8. The summed E-state index contributed by atoms with van der Waals surface area (Å²) in [6.07, 6.45) is 3.14. The predicted molar refractivity (Wildman–Crippen MR) is 82.3 cm³/mol. The van der Waals surface area contributed by atoms with E-state index < -0.39 is 0 Å². The van der Waals surface area contributed by atoms with Gasteiger partial charge in [-0.25, -0.2) is 4.98 Å². The molecule has 3 rings (SSSR count). The molecule has 1 N–H and O–H groups in total. The van der Waals surface area contributed by atoms with E-state index in [9.17, 15) is 0 Å². The van der Waals surface area contributed by atoms with Gasteiger partial charge in [0.15, 0.2) is 12.2 Å². The van der Waals surface area contributed by atoms with Gasteiger partial charge in [-0.2, -0.15) is 0 Å². The Morgan fingerprint density at radius 3 is 2.71 bits per heavy atom. The third-order valence-corrected chi connectivity index (χ3v) is 3.25. The molecule has 0 fully saturated rings. The van der Waals surface area contributed by atoms with Crippen molar-refractivity contribution < 1.29 is 9.15 Å². The number of hydrogen-bond donors (Lipinski definition) is 1. The topological polar surface area (TPSA) is 47.3 Å². The van der Waals surface area contributed by atoms with E-state index in [-0.39, 0.29) is 0 Å². The zero-order chi connectivity index (χ0) is 14.5. The van der Waals surface area contributed by atoms with Crippen LogP contribution in [0.25, 0.3) is 11.3 Å². The first-order valence-corrected chi connectivity index (χ1v) is 6.71. The lowest BCUT2D eigenvalue weighted by Gasteiger charge is -2.12. The van der Waals surface area contributed by atoms with Crippen molar-refractivity contribution in [1.29, 1.82) is 0 Å². The van der Waals surface area contributed by atoms with Crippen LogP contribution in [-0.2, 0) is 6.54 Å². The number of aromatic nitrogens is 1. The van der Waals surface area contributed by atoms with Gasteiger partial charge in [0.1, 0.15) is 5.75 Å².